The summed E-state index contributed by atoms with van der Waals surface area (Å²) in [6.45, 7) is 5.34. The molecule has 3 aliphatic rings. The summed E-state index contributed by atoms with van der Waals surface area (Å²) in [7, 11) is 4.14. The summed E-state index contributed by atoms with van der Waals surface area (Å²) in [5.41, 5.74) is 7.18. The average molecular weight is 529 g/mol. The molecule has 0 aromatic heterocycles. The van der Waals surface area contributed by atoms with Crippen LogP contribution in [0.4, 0.5) is 9.18 Å². The van der Waals surface area contributed by atoms with E-state index in [0.29, 0.717) is 11.6 Å². The number of nitrogens with one attached hydrogen (secondary N) is 1. The Morgan fingerprint density at radius 3 is 2.53 bits per heavy atom. The lowest BCUT2D eigenvalue weighted by molar-refractivity contribution is -0.132. The molecular weight excluding hydrogens is 487 g/mol. The Morgan fingerprint density at radius 1 is 1.21 bits per heavy atom. The summed E-state index contributed by atoms with van der Waals surface area (Å²) in [4.78, 5) is 42.3. The van der Waals surface area contributed by atoms with Gasteiger partial charge in [0, 0.05) is 18.5 Å². The van der Waals surface area contributed by atoms with E-state index in [1.807, 2.05) is 6.07 Å². The molecule has 1 aromatic rings. The quantitative estimate of drug-likeness (QED) is 0.563. The molecule has 5 atom stereocenters. The number of amides is 3. The lowest BCUT2D eigenvalue weighted by Crippen LogP contribution is -2.57. The van der Waals surface area contributed by atoms with E-state index in [-0.39, 0.29) is 18.4 Å². The van der Waals surface area contributed by atoms with E-state index in [4.69, 9.17) is 10.5 Å². The highest BCUT2D eigenvalue weighted by atomic mass is 19.1. The van der Waals surface area contributed by atoms with E-state index in [2.05, 4.69) is 30.4 Å². The number of piperidine rings is 1. The van der Waals surface area contributed by atoms with Gasteiger partial charge >= 0.3 is 6.09 Å². The van der Waals surface area contributed by atoms with E-state index in [0.717, 1.165) is 49.7 Å². The first kappa shape index (κ1) is 28.1. The van der Waals surface area contributed by atoms with E-state index < -0.39 is 41.4 Å². The molecule has 1 aliphatic heterocycles. The van der Waals surface area contributed by atoms with Crippen molar-refractivity contribution >= 4 is 23.5 Å². The molecule has 8 nitrogen and oxygen atoms in total. The van der Waals surface area contributed by atoms with Gasteiger partial charge in [0.2, 0.25) is 11.8 Å². The van der Waals surface area contributed by atoms with Gasteiger partial charge in [0.25, 0.3) is 0 Å². The summed E-state index contributed by atoms with van der Waals surface area (Å²) >= 11 is 0. The van der Waals surface area contributed by atoms with Crippen LogP contribution < -0.4 is 11.1 Å². The van der Waals surface area contributed by atoms with Crippen LogP contribution >= 0.6 is 0 Å². The van der Waals surface area contributed by atoms with Crippen LogP contribution in [0.1, 0.15) is 70.4 Å². The maximum atomic E-state index is 15.2. The van der Waals surface area contributed by atoms with E-state index in [1.165, 1.54) is 11.0 Å². The summed E-state index contributed by atoms with van der Waals surface area (Å²) in [5.74, 6) is -1.65. The molecule has 2 aliphatic carbocycles. The van der Waals surface area contributed by atoms with Crippen LogP contribution in [0.15, 0.2) is 24.3 Å². The van der Waals surface area contributed by atoms with Crippen LogP contribution in [0.3, 0.4) is 0 Å². The number of hydrogen-bond donors (Lipinski definition) is 2. The normalized spacial score (nSPS) is 25.8. The number of benzene rings is 1. The first-order valence-corrected chi connectivity index (χ1v) is 13.6. The number of fused-ring (bicyclic) bond motifs is 2. The highest BCUT2D eigenvalue weighted by Crippen LogP contribution is 2.43. The number of likely N-dealkylation sites (tertiary alicyclic amines) is 1. The number of ether oxygens (including phenoxy) is 1. The first-order chi connectivity index (χ1) is 17.8. The van der Waals surface area contributed by atoms with Gasteiger partial charge in [-0.25, -0.2) is 9.18 Å². The molecule has 2 bridgehead atoms. The molecule has 38 heavy (non-hydrogen) atoms. The third kappa shape index (κ3) is 6.20. The highest BCUT2D eigenvalue weighted by Gasteiger charge is 2.52. The number of hydrogen-bond acceptors (Lipinski definition) is 5. The lowest BCUT2D eigenvalue weighted by atomic mass is 9.89. The fraction of sp³-hybridized carbons (Fsp3) is 0.621. The summed E-state index contributed by atoms with van der Waals surface area (Å²) < 4.78 is 20.7. The molecule has 1 unspecified atom stereocenters. The SMILES string of the molecule is CN(C)C1CC=C(c2ccc(C[C@H](NC(=O)[C@@H]3[C@H]4CC[C@H](C4)N3C(=O)OC(C)(C)C)C(N)=O)c(F)c2)CC1. The van der Waals surface area contributed by atoms with Gasteiger partial charge < -0.3 is 20.7 Å². The first-order valence-electron chi connectivity index (χ1n) is 13.6. The number of rotatable bonds is 7. The fourth-order valence-corrected chi connectivity index (χ4v) is 6.07. The van der Waals surface area contributed by atoms with Gasteiger partial charge in [-0.05, 0) is 102 Å². The van der Waals surface area contributed by atoms with E-state index >= 15 is 4.39 Å². The summed E-state index contributed by atoms with van der Waals surface area (Å²) in [5, 5.41) is 2.71. The van der Waals surface area contributed by atoms with Crippen molar-refractivity contribution in [2.75, 3.05) is 14.1 Å². The van der Waals surface area contributed by atoms with Crippen LogP contribution in [0, 0.1) is 11.7 Å². The Kier molecular flexibility index (Phi) is 8.16. The van der Waals surface area contributed by atoms with Gasteiger partial charge in [0.1, 0.15) is 23.5 Å². The lowest BCUT2D eigenvalue weighted by Gasteiger charge is -2.36. The standard InChI is InChI=1S/C29H41FN4O4/c1-29(2,3)38-28(37)34-22-13-10-20(14-22)25(34)27(36)32-24(26(31)35)16-19-7-6-18(15-23(19)30)17-8-11-21(12-9-17)33(4)5/h6-8,15,20-22,24-25H,9-14,16H2,1-5H3,(H2,31,35)(H,32,36)/t20-,21?,22+,24-,25-/m0/s1. The van der Waals surface area contributed by atoms with Crippen LogP contribution in [-0.2, 0) is 20.7 Å². The van der Waals surface area contributed by atoms with Crippen LogP contribution in [-0.4, -0.2) is 71.6 Å². The molecule has 1 saturated carbocycles. The monoisotopic (exact) mass is 528 g/mol. The zero-order chi connectivity index (χ0) is 27.8. The predicted octanol–water partition coefficient (Wildman–Crippen LogP) is 3.62. The Labute approximate surface area is 224 Å². The number of carbonyl (C=O) groups excluding carboxylic acids is 3. The predicted molar refractivity (Wildman–Crippen MR) is 144 cm³/mol. The fourth-order valence-electron chi connectivity index (χ4n) is 6.07. The van der Waals surface area contributed by atoms with Crippen molar-refractivity contribution in [3.05, 3.63) is 41.2 Å². The smallest absolute Gasteiger partial charge is 0.411 e. The summed E-state index contributed by atoms with van der Waals surface area (Å²) in [6.07, 6.45) is 6.74. The molecule has 1 aromatic carbocycles. The van der Waals surface area contributed by atoms with Gasteiger partial charge in [0.05, 0.1) is 0 Å². The van der Waals surface area contributed by atoms with Crippen molar-refractivity contribution in [1.29, 1.82) is 0 Å². The summed E-state index contributed by atoms with van der Waals surface area (Å²) in [6, 6.07) is 3.61. The van der Waals surface area contributed by atoms with Crippen molar-refractivity contribution in [3.63, 3.8) is 0 Å². The molecule has 0 spiro atoms. The molecule has 1 saturated heterocycles. The van der Waals surface area contributed by atoms with Crippen molar-refractivity contribution in [1.82, 2.24) is 15.1 Å². The molecule has 3 N–H and O–H groups in total. The minimum Gasteiger partial charge on any atom is -0.444 e. The minimum atomic E-state index is -1.10. The number of primary amides is 1. The molecule has 9 heteroatoms. The van der Waals surface area contributed by atoms with Crippen molar-refractivity contribution in [3.8, 4) is 0 Å². The van der Waals surface area contributed by atoms with Crippen LogP contribution in [0.2, 0.25) is 0 Å². The van der Waals surface area contributed by atoms with Crippen molar-refractivity contribution in [2.24, 2.45) is 11.7 Å². The maximum absolute atomic E-state index is 15.2. The molecule has 208 valence electrons. The topological polar surface area (TPSA) is 105 Å². The molecular formula is C29H41FN4O4. The third-order valence-corrected chi connectivity index (χ3v) is 8.08. The maximum Gasteiger partial charge on any atom is 0.411 e. The Hall–Kier alpha value is -2.94. The molecule has 2 fully saturated rings. The van der Waals surface area contributed by atoms with Gasteiger partial charge in [-0.3, -0.25) is 14.5 Å². The zero-order valence-corrected chi connectivity index (χ0v) is 23.1. The van der Waals surface area contributed by atoms with E-state index in [9.17, 15) is 14.4 Å². The van der Waals surface area contributed by atoms with Crippen LogP contribution in [0.25, 0.3) is 5.57 Å². The Morgan fingerprint density at radius 2 is 1.95 bits per heavy atom. The third-order valence-electron chi connectivity index (χ3n) is 8.08. The van der Waals surface area contributed by atoms with Crippen molar-refractivity contribution in [2.45, 2.75) is 95.5 Å². The van der Waals surface area contributed by atoms with Gasteiger partial charge in [-0.15, -0.1) is 0 Å². The largest absolute Gasteiger partial charge is 0.444 e. The van der Waals surface area contributed by atoms with Gasteiger partial charge in [-0.2, -0.15) is 0 Å². The average Bonchev–Trinajstić information content (AvgIpc) is 3.45. The van der Waals surface area contributed by atoms with Crippen molar-refractivity contribution < 1.29 is 23.5 Å². The molecule has 4 rings (SSSR count). The highest BCUT2D eigenvalue weighted by molar-refractivity contribution is 5.91. The number of allylic oxidation sites excluding steroid dienone is 1. The van der Waals surface area contributed by atoms with Gasteiger partial charge in [0.15, 0.2) is 0 Å². The van der Waals surface area contributed by atoms with Crippen LogP contribution in [0.5, 0.6) is 0 Å². The second-order valence-corrected chi connectivity index (χ2v) is 12.2. The molecule has 3 amide bonds. The number of carbonyl (C=O) groups is 3. The zero-order valence-electron chi connectivity index (χ0n) is 23.1. The minimum absolute atomic E-state index is 0.00655. The second kappa shape index (κ2) is 11.0. The molecule has 0 radical (unpaired) electrons. The number of halogens is 1. The van der Waals surface area contributed by atoms with Gasteiger partial charge in [-0.1, -0.05) is 18.2 Å². The number of nitrogens with two attached hydrogens (primary N) is 1. The Balaban J connectivity index is 1.45. The van der Waals surface area contributed by atoms with E-state index in [1.54, 1.807) is 26.8 Å². The second-order valence-electron chi connectivity index (χ2n) is 12.2. The Bertz CT molecular complexity index is 1110. The molecule has 1 heterocycles. The number of nitrogens with zero attached hydrogens (tertiary/aromatic N) is 2.